The van der Waals surface area contributed by atoms with Crippen LogP contribution >= 0.6 is 0 Å². The molecule has 0 saturated heterocycles. The van der Waals surface area contributed by atoms with Crippen molar-refractivity contribution in [3.8, 4) is 0 Å². The molecular weight excluding hydrogens is 228 g/mol. The third-order valence-electron chi connectivity index (χ3n) is 3.39. The van der Waals surface area contributed by atoms with E-state index >= 15 is 0 Å². The summed E-state index contributed by atoms with van der Waals surface area (Å²) in [6, 6.07) is 25.5. The van der Waals surface area contributed by atoms with Crippen LogP contribution < -0.4 is 0 Å². The van der Waals surface area contributed by atoms with Crippen molar-refractivity contribution in [3.05, 3.63) is 83.9 Å². The van der Waals surface area contributed by atoms with Gasteiger partial charge in [0.2, 0.25) is 0 Å². The third kappa shape index (κ3) is 2.58. The lowest BCUT2D eigenvalue weighted by Gasteiger charge is -2.04. The molecule has 0 spiro atoms. The molecule has 0 aromatic heterocycles. The van der Waals surface area contributed by atoms with Crippen molar-refractivity contribution >= 4 is 22.4 Å². The first-order valence-electron chi connectivity index (χ1n) is 6.55. The molecule has 0 unspecified atom stereocenters. The van der Waals surface area contributed by atoms with Crippen molar-refractivity contribution in [2.45, 2.75) is 6.92 Å². The molecule has 0 aliphatic rings. The molecule has 0 amide bonds. The van der Waals surface area contributed by atoms with Crippen LogP contribution in [0.5, 0.6) is 0 Å². The summed E-state index contributed by atoms with van der Waals surface area (Å²) in [5, 5.41) is 2.58. The Kier molecular flexibility index (Phi) is 3.16. The lowest BCUT2D eigenvalue weighted by atomic mass is 10.0. The summed E-state index contributed by atoms with van der Waals surface area (Å²) in [7, 11) is 0. The van der Waals surface area contributed by atoms with Crippen molar-refractivity contribution in [2.24, 2.45) is 0 Å². The molecule has 0 radical (unpaired) electrons. The van der Waals surface area contributed by atoms with Crippen LogP contribution in [-0.4, -0.2) is 0 Å². The maximum absolute atomic E-state index is 2.25. The predicted octanol–water partition coefficient (Wildman–Crippen LogP) is 5.40. The average molecular weight is 244 g/mol. The molecule has 92 valence electrons. The van der Waals surface area contributed by atoms with E-state index in [1.165, 1.54) is 27.5 Å². The SMILES string of the molecule is CC(=Cc1ccccc1)c1ccc2ccccc2c1. The fourth-order valence-electron chi connectivity index (χ4n) is 2.32. The number of rotatable bonds is 2. The Balaban J connectivity index is 2.02. The number of benzene rings is 3. The number of hydrogen-bond donors (Lipinski definition) is 0. The normalized spacial score (nSPS) is 11.7. The Morgan fingerprint density at radius 3 is 2.21 bits per heavy atom. The highest BCUT2D eigenvalue weighted by Crippen LogP contribution is 2.22. The van der Waals surface area contributed by atoms with Crippen molar-refractivity contribution in [1.29, 1.82) is 0 Å². The van der Waals surface area contributed by atoms with E-state index in [0.717, 1.165) is 0 Å². The van der Waals surface area contributed by atoms with E-state index in [1.54, 1.807) is 0 Å². The van der Waals surface area contributed by atoms with E-state index in [-0.39, 0.29) is 0 Å². The van der Waals surface area contributed by atoms with Crippen molar-refractivity contribution in [3.63, 3.8) is 0 Å². The first-order chi connectivity index (χ1) is 9.33. The Labute approximate surface area is 114 Å². The van der Waals surface area contributed by atoms with Gasteiger partial charge in [-0.05, 0) is 40.5 Å². The van der Waals surface area contributed by atoms with E-state index in [4.69, 9.17) is 0 Å². The molecule has 0 fully saturated rings. The molecule has 3 aromatic carbocycles. The molecule has 0 aliphatic heterocycles. The molecule has 0 bridgehead atoms. The zero-order chi connectivity index (χ0) is 13.1. The Morgan fingerprint density at radius 1 is 0.737 bits per heavy atom. The maximum Gasteiger partial charge on any atom is -0.0178 e. The quantitative estimate of drug-likeness (QED) is 0.529. The number of hydrogen-bond acceptors (Lipinski definition) is 0. The van der Waals surface area contributed by atoms with Crippen LogP contribution in [0.25, 0.3) is 22.4 Å². The fourth-order valence-corrected chi connectivity index (χ4v) is 2.32. The van der Waals surface area contributed by atoms with Gasteiger partial charge in [0.05, 0.1) is 0 Å². The molecule has 0 atom stereocenters. The minimum absolute atomic E-state index is 1.24. The van der Waals surface area contributed by atoms with Gasteiger partial charge < -0.3 is 0 Å². The van der Waals surface area contributed by atoms with Gasteiger partial charge in [-0.2, -0.15) is 0 Å². The minimum atomic E-state index is 1.24. The van der Waals surface area contributed by atoms with Crippen LogP contribution in [0.4, 0.5) is 0 Å². The van der Waals surface area contributed by atoms with Crippen LogP contribution in [0.15, 0.2) is 72.8 Å². The van der Waals surface area contributed by atoms with Gasteiger partial charge in [0, 0.05) is 0 Å². The van der Waals surface area contributed by atoms with E-state index in [1.807, 2.05) is 6.07 Å². The van der Waals surface area contributed by atoms with E-state index in [0.29, 0.717) is 0 Å². The van der Waals surface area contributed by atoms with Crippen LogP contribution in [-0.2, 0) is 0 Å². The summed E-state index contributed by atoms with van der Waals surface area (Å²) in [5.74, 6) is 0. The number of fused-ring (bicyclic) bond motifs is 1. The Morgan fingerprint density at radius 2 is 1.42 bits per heavy atom. The van der Waals surface area contributed by atoms with Crippen molar-refractivity contribution < 1.29 is 0 Å². The fraction of sp³-hybridized carbons (Fsp3) is 0.0526. The second kappa shape index (κ2) is 5.11. The molecular formula is C19H16. The molecule has 0 aliphatic carbocycles. The lowest BCUT2D eigenvalue weighted by molar-refractivity contribution is 1.60. The van der Waals surface area contributed by atoms with Crippen molar-refractivity contribution in [2.75, 3.05) is 0 Å². The van der Waals surface area contributed by atoms with Gasteiger partial charge >= 0.3 is 0 Å². The van der Waals surface area contributed by atoms with Gasteiger partial charge in [-0.15, -0.1) is 0 Å². The highest BCUT2D eigenvalue weighted by Gasteiger charge is 1.98. The Hall–Kier alpha value is -2.34. The van der Waals surface area contributed by atoms with Crippen molar-refractivity contribution in [1.82, 2.24) is 0 Å². The second-order valence-electron chi connectivity index (χ2n) is 4.80. The monoisotopic (exact) mass is 244 g/mol. The van der Waals surface area contributed by atoms with Crippen LogP contribution in [0.1, 0.15) is 18.1 Å². The van der Waals surface area contributed by atoms with Gasteiger partial charge in [-0.1, -0.05) is 72.8 Å². The zero-order valence-corrected chi connectivity index (χ0v) is 11.0. The molecule has 0 N–H and O–H groups in total. The van der Waals surface area contributed by atoms with Gasteiger partial charge in [0.1, 0.15) is 0 Å². The van der Waals surface area contributed by atoms with Gasteiger partial charge in [0.15, 0.2) is 0 Å². The summed E-state index contributed by atoms with van der Waals surface area (Å²) in [6.07, 6.45) is 2.23. The largest absolute Gasteiger partial charge is 0.0622 e. The van der Waals surface area contributed by atoms with Gasteiger partial charge in [-0.25, -0.2) is 0 Å². The zero-order valence-electron chi connectivity index (χ0n) is 11.0. The molecule has 19 heavy (non-hydrogen) atoms. The topological polar surface area (TPSA) is 0 Å². The first-order valence-corrected chi connectivity index (χ1v) is 6.55. The standard InChI is InChI=1S/C19H16/c1-15(13-16-7-3-2-4-8-16)18-12-11-17-9-5-6-10-19(17)14-18/h2-14H,1H3. The molecule has 0 heterocycles. The maximum atomic E-state index is 2.25. The minimum Gasteiger partial charge on any atom is -0.0622 e. The van der Waals surface area contributed by atoms with Gasteiger partial charge in [-0.3, -0.25) is 0 Å². The summed E-state index contributed by atoms with van der Waals surface area (Å²) >= 11 is 0. The third-order valence-corrected chi connectivity index (χ3v) is 3.39. The van der Waals surface area contributed by atoms with Crippen LogP contribution in [0, 0.1) is 0 Å². The average Bonchev–Trinajstić information content (AvgIpc) is 2.48. The molecule has 0 heteroatoms. The van der Waals surface area contributed by atoms with Crippen LogP contribution in [0.2, 0.25) is 0 Å². The van der Waals surface area contributed by atoms with E-state index in [9.17, 15) is 0 Å². The predicted molar refractivity (Wildman–Crippen MR) is 83.9 cm³/mol. The first kappa shape index (κ1) is 11.7. The number of allylic oxidation sites excluding steroid dienone is 1. The summed E-state index contributed by atoms with van der Waals surface area (Å²) < 4.78 is 0. The smallest absolute Gasteiger partial charge is 0.0178 e. The molecule has 0 saturated carbocycles. The second-order valence-corrected chi connectivity index (χ2v) is 4.80. The lowest BCUT2D eigenvalue weighted by Crippen LogP contribution is -1.81. The highest BCUT2D eigenvalue weighted by atomic mass is 14.0. The molecule has 0 nitrogen and oxygen atoms in total. The summed E-state index contributed by atoms with van der Waals surface area (Å²) in [6.45, 7) is 2.16. The highest BCUT2D eigenvalue weighted by molar-refractivity contribution is 5.89. The summed E-state index contributed by atoms with van der Waals surface area (Å²) in [4.78, 5) is 0. The van der Waals surface area contributed by atoms with E-state index in [2.05, 4.69) is 79.7 Å². The molecule has 3 aromatic rings. The molecule has 3 rings (SSSR count). The van der Waals surface area contributed by atoms with Gasteiger partial charge in [0.25, 0.3) is 0 Å². The Bertz CT molecular complexity index is 721. The summed E-state index contributed by atoms with van der Waals surface area (Å²) in [5.41, 5.74) is 3.81. The van der Waals surface area contributed by atoms with E-state index < -0.39 is 0 Å². The van der Waals surface area contributed by atoms with Crippen LogP contribution in [0.3, 0.4) is 0 Å².